The molecule has 0 spiro atoms. The molecule has 0 unspecified atom stereocenters. The molecular weight excluding hydrogens is 266 g/mol. The number of benzene rings is 2. The first-order valence-electron chi connectivity index (χ1n) is 6.97. The van der Waals surface area contributed by atoms with Crippen molar-refractivity contribution in [3.05, 3.63) is 53.1 Å². The Labute approximate surface area is 121 Å². The third-order valence-corrected chi connectivity index (χ3v) is 3.98. The van der Waals surface area contributed by atoms with Crippen molar-refractivity contribution in [2.75, 3.05) is 0 Å². The fourth-order valence-corrected chi connectivity index (χ4v) is 2.89. The van der Waals surface area contributed by atoms with E-state index in [1.165, 1.54) is 29.7 Å². The number of nitrogens with zero attached hydrogens (tertiary/aromatic N) is 1. The van der Waals surface area contributed by atoms with E-state index in [-0.39, 0.29) is 5.56 Å². The molecule has 0 fully saturated rings. The lowest BCUT2D eigenvalue weighted by atomic mass is 10.1. The maximum atomic E-state index is 11.0. The van der Waals surface area contributed by atoms with Gasteiger partial charge in [0.15, 0.2) is 5.58 Å². The van der Waals surface area contributed by atoms with E-state index in [0.29, 0.717) is 17.0 Å². The highest BCUT2D eigenvalue weighted by Crippen LogP contribution is 2.29. The molecular formula is C17H13NO3. The molecule has 3 aromatic rings. The molecule has 1 aliphatic rings. The molecule has 104 valence electrons. The molecule has 0 amide bonds. The first-order valence-corrected chi connectivity index (χ1v) is 6.97. The van der Waals surface area contributed by atoms with Crippen molar-refractivity contribution in [2.45, 2.75) is 19.3 Å². The van der Waals surface area contributed by atoms with Crippen LogP contribution in [0.3, 0.4) is 0 Å². The Kier molecular flexibility index (Phi) is 2.57. The minimum atomic E-state index is -0.959. The molecule has 4 heteroatoms. The standard InChI is InChI=1S/C17H13NO3/c19-17(20)13-6-7-15-14(9-13)18-16(21-15)12-5-4-10-2-1-3-11(10)8-12/h4-9H,1-3H2,(H,19,20). The first kappa shape index (κ1) is 12.1. The van der Waals surface area contributed by atoms with Crippen LogP contribution in [0.25, 0.3) is 22.6 Å². The zero-order chi connectivity index (χ0) is 14.4. The van der Waals surface area contributed by atoms with Gasteiger partial charge in [0.05, 0.1) is 5.56 Å². The fraction of sp³-hybridized carbons (Fsp3) is 0.176. The average molecular weight is 279 g/mol. The number of oxazole rings is 1. The van der Waals surface area contributed by atoms with Crippen LogP contribution in [-0.2, 0) is 12.8 Å². The molecule has 0 saturated carbocycles. The Bertz CT molecular complexity index is 864. The van der Waals surface area contributed by atoms with Crippen molar-refractivity contribution in [3.8, 4) is 11.5 Å². The predicted molar refractivity (Wildman–Crippen MR) is 78.4 cm³/mol. The van der Waals surface area contributed by atoms with Gasteiger partial charge in [0.2, 0.25) is 5.89 Å². The van der Waals surface area contributed by atoms with Gasteiger partial charge < -0.3 is 9.52 Å². The lowest BCUT2D eigenvalue weighted by Crippen LogP contribution is -1.94. The van der Waals surface area contributed by atoms with Crippen LogP contribution in [0.15, 0.2) is 40.8 Å². The molecule has 1 aromatic heterocycles. The molecule has 1 N–H and O–H groups in total. The number of rotatable bonds is 2. The highest BCUT2D eigenvalue weighted by molar-refractivity contribution is 5.92. The SMILES string of the molecule is O=C(O)c1ccc2oc(-c3ccc4c(c3)CCC4)nc2c1. The number of hydrogen-bond donors (Lipinski definition) is 1. The van der Waals surface area contributed by atoms with Crippen molar-refractivity contribution < 1.29 is 14.3 Å². The summed E-state index contributed by atoms with van der Waals surface area (Å²) < 4.78 is 5.74. The topological polar surface area (TPSA) is 63.3 Å². The van der Waals surface area contributed by atoms with Crippen molar-refractivity contribution >= 4 is 17.1 Å². The second kappa shape index (κ2) is 4.45. The number of carboxylic acids is 1. The Morgan fingerprint density at radius 1 is 1.10 bits per heavy atom. The number of carboxylic acid groups (broad SMARTS) is 1. The summed E-state index contributed by atoms with van der Waals surface area (Å²) in [6.45, 7) is 0. The highest BCUT2D eigenvalue weighted by Gasteiger charge is 2.15. The van der Waals surface area contributed by atoms with Gasteiger partial charge in [-0.25, -0.2) is 9.78 Å². The summed E-state index contributed by atoms with van der Waals surface area (Å²) in [4.78, 5) is 15.4. The minimum Gasteiger partial charge on any atom is -0.478 e. The summed E-state index contributed by atoms with van der Waals surface area (Å²) in [5.74, 6) is -0.416. The van der Waals surface area contributed by atoms with E-state index in [4.69, 9.17) is 9.52 Å². The molecule has 21 heavy (non-hydrogen) atoms. The summed E-state index contributed by atoms with van der Waals surface area (Å²) >= 11 is 0. The van der Waals surface area contributed by atoms with Crippen LogP contribution in [-0.4, -0.2) is 16.1 Å². The monoisotopic (exact) mass is 279 g/mol. The van der Waals surface area contributed by atoms with Gasteiger partial charge in [-0.2, -0.15) is 0 Å². The van der Waals surface area contributed by atoms with Crippen LogP contribution in [0.2, 0.25) is 0 Å². The first-order chi connectivity index (χ1) is 10.2. The van der Waals surface area contributed by atoms with Crippen LogP contribution in [0.1, 0.15) is 27.9 Å². The van der Waals surface area contributed by atoms with Crippen molar-refractivity contribution in [3.63, 3.8) is 0 Å². The Morgan fingerprint density at radius 2 is 1.95 bits per heavy atom. The van der Waals surface area contributed by atoms with Crippen LogP contribution in [0, 0.1) is 0 Å². The summed E-state index contributed by atoms with van der Waals surface area (Å²) in [6.07, 6.45) is 3.45. The van der Waals surface area contributed by atoms with Crippen molar-refractivity contribution in [2.24, 2.45) is 0 Å². The maximum Gasteiger partial charge on any atom is 0.335 e. The van der Waals surface area contributed by atoms with Gasteiger partial charge in [-0.1, -0.05) is 6.07 Å². The zero-order valence-corrected chi connectivity index (χ0v) is 11.3. The second-order valence-corrected chi connectivity index (χ2v) is 5.34. The van der Waals surface area contributed by atoms with Crippen LogP contribution < -0.4 is 0 Å². The number of hydrogen-bond acceptors (Lipinski definition) is 3. The Morgan fingerprint density at radius 3 is 2.81 bits per heavy atom. The fourth-order valence-electron chi connectivity index (χ4n) is 2.89. The predicted octanol–water partition coefficient (Wildman–Crippen LogP) is 3.68. The molecule has 2 aromatic carbocycles. The summed E-state index contributed by atoms with van der Waals surface area (Å²) in [5.41, 5.74) is 5.12. The lowest BCUT2D eigenvalue weighted by molar-refractivity contribution is 0.0697. The van der Waals surface area contributed by atoms with Crippen molar-refractivity contribution in [1.29, 1.82) is 0 Å². The number of aryl methyl sites for hydroxylation is 2. The van der Waals surface area contributed by atoms with Gasteiger partial charge in [-0.15, -0.1) is 0 Å². The van der Waals surface area contributed by atoms with Crippen LogP contribution >= 0.6 is 0 Å². The van der Waals surface area contributed by atoms with E-state index in [0.717, 1.165) is 18.4 Å². The lowest BCUT2D eigenvalue weighted by Gasteiger charge is -2.00. The van der Waals surface area contributed by atoms with E-state index in [1.54, 1.807) is 6.07 Å². The number of aromatic carboxylic acids is 1. The Balaban J connectivity index is 1.81. The van der Waals surface area contributed by atoms with Crippen molar-refractivity contribution in [1.82, 2.24) is 4.98 Å². The molecule has 0 bridgehead atoms. The van der Waals surface area contributed by atoms with Gasteiger partial charge >= 0.3 is 5.97 Å². The van der Waals surface area contributed by atoms with Crippen LogP contribution in [0.4, 0.5) is 0 Å². The molecule has 0 atom stereocenters. The molecule has 4 rings (SSSR count). The maximum absolute atomic E-state index is 11.0. The molecule has 4 nitrogen and oxygen atoms in total. The average Bonchev–Trinajstić information content (AvgIpc) is 3.11. The summed E-state index contributed by atoms with van der Waals surface area (Å²) in [6, 6.07) is 11.0. The zero-order valence-electron chi connectivity index (χ0n) is 11.3. The molecule has 1 heterocycles. The smallest absolute Gasteiger partial charge is 0.335 e. The van der Waals surface area contributed by atoms with E-state index in [2.05, 4.69) is 17.1 Å². The Hall–Kier alpha value is -2.62. The van der Waals surface area contributed by atoms with E-state index in [1.807, 2.05) is 6.07 Å². The summed E-state index contributed by atoms with van der Waals surface area (Å²) in [7, 11) is 0. The molecule has 0 aliphatic heterocycles. The highest BCUT2D eigenvalue weighted by atomic mass is 16.4. The quantitative estimate of drug-likeness (QED) is 0.777. The molecule has 0 saturated heterocycles. The largest absolute Gasteiger partial charge is 0.478 e. The van der Waals surface area contributed by atoms with Gasteiger partial charge in [-0.05, 0) is 60.7 Å². The normalized spacial score (nSPS) is 13.5. The van der Waals surface area contributed by atoms with E-state index >= 15 is 0 Å². The van der Waals surface area contributed by atoms with Gasteiger partial charge in [0, 0.05) is 5.56 Å². The molecule has 0 radical (unpaired) electrons. The molecule has 1 aliphatic carbocycles. The number of carbonyl (C=O) groups is 1. The third kappa shape index (κ3) is 2.00. The van der Waals surface area contributed by atoms with Gasteiger partial charge in [0.25, 0.3) is 0 Å². The number of fused-ring (bicyclic) bond motifs is 2. The van der Waals surface area contributed by atoms with Gasteiger partial charge in [-0.3, -0.25) is 0 Å². The second-order valence-electron chi connectivity index (χ2n) is 5.34. The van der Waals surface area contributed by atoms with Crippen LogP contribution in [0.5, 0.6) is 0 Å². The van der Waals surface area contributed by atoms with E-state index in [9.17, 15) is 4.79 Å². The van der Waals surface area contributed by atoms with E-state index < -0.39 is 5.97 Å². The summed E-state index contributed by atoms with van der Waals surface area (Å²) in [5, 5.41) is 9.02. The minimum absolute atomic E-state index is 0.219. The number of aromatic nitrogens is 1. The van der Waals surface area contributed by atoms with Gasteiger partial charge in [0.1, 0.15) is 5.52 Å². The third-order valence-electron chi connectivity index (χ3n) is 3.98.